The molecule has 1 rings (SSSR count). The zero-order valence-electron chi connectivity index (χ0n) is 9.19. The Morgan fingerprint density at radius 1 is 1.41 bits per heavy atom. The van der Waals surface area contributed by atoms with Gasteiger partial charge in [-0.2, -0.15) is 13.2 Å². The van der Waals surface area contributed by atoms with Crippen molar-refractivity contribution in [3.63, 3.8) is 0 Å². The zero-order chi connectivity index (χ0) is 13.2. The third-order valence-electron chi connectivity index (χ3n) is 2.05. The topological polar surface area (TPSA) is 26.3 Å². The second kappa shape index (κ2) is 5.08. The summed E-state index contributed by atoms with van der Waals surface area (Å²) in [5, 5.41) is 0. The first-order valence-corrected chi connectivity index (χ1v) is 5.61. The smallest absolute Gasteiger partial charge is 0.419 e. The Kier molecular flexibility index (Phi) is 4.19. The van der Waals surface area contributed by atoms with Gasteiger partial charge in [-0.15, -0.1) is 0 Å². The summed E-state index contributed by atoms with van der Waals surface area (Å²) in [5.74, 6) is -0.895. The van der Waals surface area contributed by atoms with Crippen LogP contribution in [0.25, 0.3) is 0 Å². The summed E-state index contributed by atoms with van der Waals surface area (Å²) in [4.78, 5) is 11.4. The number of Topliss-reactive ketones (excluding diaryl/α,β-unsaturated/α-hetero) is 1. The number of ketones is 1. The van der Waals surface area contributed by atoms with Crippen molar-refractivity contribution in [2.75, 3.05) is 6.61 Å². The molecule has 2 nitrogen and oxygen atoms in total. The summed E-state index contributed by atoms with van der Waals surface area (Å²) in [6.07, 6.45) is -4.55. The number of ether oxygens (including phenoxy) is 1. The third-order valence-corrected chi connectivity index (χ3v) is 2.71. The van der Waals surface area contributed by atoms with E-state index in [-0.39, 0.29) is 12.2 Å². The highest BCUT2D eigenvalue weighted by atomic mass is 79.9. The number of hydrogen-bond donors (Lipinski definition) is 0. The third kappa shape index (κ3) is 3.00. The van der Waals surface area contributed by atoms with E-state index < -0.39 is 23.3 Å². The maximum absolute atomic E-state index is 12.7. The molecule has 0 atom stereocenters. The molecule has 0 saturated heterocycles. The van der Waals surface area contributed by atoms with Crippen LogP contribution in [0.4, 0.5) is 13.2 Å². The lowest BCUT2D eigenvalue weighted by molar-refractivity contribution is -0.138. The highest BCUT2D eigenvalue weighted by Gasteiger charge is 2.36. The molecule has 0 radical (unpaired) electrons. The fourth-order valence-corrected chi connectivity index (χ4v) is 2.00. The van der Waals surface area contributed by atoms with Crippen molar-refractivity contribution in [3.05, 3.63) is 27.7 Å². The first-order chi connectivity index (χ1) is 7.79. The maximum Gasteiger partial charge on any atom is 0.419 e. The number of hydrogen-bond acceptors (Lipinski definition) is 2. The van der Waals surface area contributed by atoms with E-state index in [0.717, 1.165) is 6.07 Å². The van der Waals surface area contributed by atoms with E-state index in [4.69, 9.17) is 4.74 Å². The molecule has 0 aromatic heterocycles. The van der Waals surface area contributed by atoms with Gasteiger partial charge < -0.3 is 4.74 Å². The fourth-order valence-electron chi connectivity index (χ4n) is 1.40. The Hall–Kier alpha value is -1.04. The van der Waals surface area contributed by atoms with Gasteiger partial charge in [-0.1, -0.05) is 0 Å². The van der Waals surface area contributed by atoms with Gasteiger partial charge in [0.15, 0.2) is 5.78 Å². The number of alkyl halides is 3. The molecule has 0 N–H and O–H groups in total. The van der Waals surface area contributed by atoms with Crippen LogP contribution in [-0.4, -0.2) is 12.4 Å². The molecule has 0 fully saturated rings. The minimum absolute atomic E-state index is 0.0554. The van der Waals surface area contributed by atoms with Crippen molar-refractivity contribution in [1.82, 2.24) is 0 Å². The van der Waals surface area contributed by atoms with Gasteiger partial charge in [0.25, 0.3) is 0 Å². The van der Waals surface area contributed by atoms with Crippen molar-refractivity contribution >= 4 is 21.7 Å². The molecule has 0 aliphatic heterocycles. The van der Waals surface area contributed by atoms with Gasteiger partial charge >= 0.3 is 6.18 Å². The monoisotopic (exact) mass is 310 g/mol. The SMILES string of the molecule is CCOc1c(C(F)(F)F)ccc(Br)c1C(C)=O. The molecule has 0 saturated carbocycles. The number of rotatable bonds is 3. The van der Waals surface area contributed by atoms with Crippen LogP contribution in [0.3, 0.4) is 0 Å². The fraction of sp³-hybridized carbons (Fsp3) is 0.364. The minimum Gasteiger partial charge on any atom is -0.492 e. The summed E-state index contributed by atoms with van der Waals surface area (Å²) in [6, 6.07) is 2.09. The predicted molar refractivity (Wildman–Crippen MR) is 60.3 cm³/mol. The van der Waals surface area contributed by atoms with Gasteiger partial charge in [-0.25, -0.2) is 0 Å². The molecule has 17 heavy (non-hydrogen) atoms. The normalized spacial score (nSPS) is 11.4. The van der Waals surface area contributed by atoms with Gasteiger partial charge in [0.2, 0.25) is 0 Å². The summed E-state index contributed by atoms with van der Waals surface area (Å²) in [5.41, 5.74) is -1.02. The Balaban J connectivity index is 3.53. The van der Waals surface area contributed by atoms with E-state index >= 15 is 0 Å². The van der Waals surface area contributed by atoms with Crippen LogP contribution in [-0.2, 0) is 6.18 Å². The molecule has 0 aliphatic carbocycles. The lowest BCUT2D eigenvalue weighted by Gasteiger charge is -2.16. The van der Waals surface area contributed by atoms with Crippen molar-refractivity contribution in [2.24, 2.45) is 0 Å². The number of benzene rings is 1. The maximum atomic E-state index is 12.7. The molecule has 0 bridgehead atoms. The zero-order valence-corrected chi connectivity index (χ0v) is 10.8. The molecular weight excluding hydrogens is 301 g/mol. The Morgan fingerprint density at radius 3 is 2.41 bits per heavy atom. The molecule has 0 amide bonds. The number of halogens is 4. The Labute approximate surface area is 105 Å². The van der Waals surface area contributed by atoms with Crippen LogP contribution in [0.1, 0.15) is 29.8 Å². The Morgan fingerprint density at radius 2 is 2.00 bits per heavy atom. The summed E-state index contributed by atoms with van der Waals surface area (Å²) in [7, 11) is 0. The first kappa shape index (κ1) is 14.0. The van der Waals surface area contributed by atoms with E-state index in [1.165, 1.54) is 13.0 Å². The van der Waals surface area contributed by atoms with E-state index in [2.05, 4.69) is 15.9 Å². The molecule has 6 heteroatoms. The largest absolute Gasteiger partial charge is 0.492 e. The summed E-state index contributed by atoms with van der Waals surface area (Å²) < 4.78 is 43.5. The minimum atomic E-state index is -4.55. The molecular formula is C11H10BrF3O2. The van der Waals surface area contributed by atoms with Crippen molar-refractivity contribution in [2.45, 2.75) is 20.0 Å². The molecule has 0 aliphatic rings. The predicted octanol–water partition coefficient (Wildman–Crippen LogP) is 4.07. The standard InChI is InChI=1S/C11H10BrF3O2/c1-3-17-10-7(11(13,14)15)4-5-8(12)9(10)6(2)16/h4-5H,3H2,1-2H3. The average Bonchev–Trinajstić information content (AvgIpc) is 2.15. The molecule has 0 unspecified atom stereocenters. The van der Waals surface area contributed by atoms with Crippen molar-refractivity contribution < 1.29 is 22.7 Å². The number of carbonyl (C=O) groups is 1. The second-order valence-corrected chi connectivity index (χ2v) is 4.14. The van der Waals surface area contributed by atoms with Crippen LogP contribution < -0.4 is 4.74 Å². The van der Waals surface area contributed by atoms with Gasteiger partial charge in [0.1, 0.15) is 5.75 Å². The van der Waals surface area contributed by atoms with Gasteiger partial charge in [0, 0.05) is 4.47 Å². The Bertz CT molecular complexity index is 441. The van der Waals surface area contributed by atoms with Crippen LogP contribution in [0, 0.1) is 0 Å². The summed E-state index contributed by atoms with van der Waals surface area (Å²) in [6.45, 7) is 2.81. The molecule has 1 aromatic carbocycles. The van der Waals surface area contributed by atoms with E-state index in [9.17, 15) is 18.0 Å². The van der Waals surface area contributed by atoms with Crippen molar-refractivity contribution in [1.29, 1.82) is 0 Å². The van der Waals surface area contributed by atoms with Gasteiger partial charge in [-0.05, 0) is 41.9 Å². The summed E-state index contributed by atoms with van der Waals surface area (Å²) >= 11 is 3.05. The molecule has 1 aromatic rings. The van der Waals surface area contributed by atoms with E-state index in [1.807, 2.05) is 0 Å². The highest BCUT2D eigenvalue weighted by molar-refractivity contribution is 9.10. The van der Waals surface area contributed by atoms with Crippen LogP contribution in [0.2, 0.25) is 0 Å². The molecule has 0 heterocycles. The van der Waals surface area contributed by atoms with Crippen LogP contribution in [0.15, 0.2) is 16.6 Å². The van der Waals surface area contributed by atoms with Gasteiger partial charge in [0.05, 0.1) is 17.7 Å². The van der Waals surface area contributed by atoms with Crippen molar-refractivity contribution in [3.8, 4) is 5.75 Å². The first-order valence-electron chi connectivity index (χ1n) is 4.82. The quantitative estimate of drug-likeness (QED) is 0.787. The lowest BCUT2D eigenvalue weighted by Crippen LogP contribution is -2.12. The van der Waals surface area contributed by atoms with Gasteiger partial charge in [-0.3, -0.25) is 4.79 Å². The average molecular weight is 311 g/mol. The van der Waals surface area contributed by atoms with Crippen LogP contribution >= 0.6 is 15.9 Å². The van der Waals surface area contributed by atoms with E-state index in [0.29, 0.717) is 4.47 Å². The highest BCUT2D eigenvalue weighted by Crippen LogP contribution is 2.41. The lowest BCUT2D eigenvalue weighted by atomic mass is 10.1. The van der Waals surface area contributed by atoms with Crippen LogP contribution in [0.5, 0.6) is 5.75 Å². The molecule has 94 valence electrons. The molecule has 0 spiro atoms. The number of carbonyl (C=O) groups excluding carboxylic acids is 1. The second-order valence-electron chi connectivity index (χ2n) is 3.29. The van der Waals surface area contributed by atoms with E-state index in [1.54, 1.807) is 6.92 Å².